The molecule has 3 atom stereocenters. The predicted molar refractivity (Wildman–Crippen MR) is 79.9 cm³/mol. The van der Waals surface area contributed by atoms with Crippen molar-refractivity contribution in [2.45, 2.75) is 39.5 Å². The minimum atomic E-state index is -1.55. The summed E-state index contributed by atoms with van der Waals surface area (Å²) < 4.78 is 9.75. The van der Waals surface area contributed by atoms with Crippen LogP contribution in [-0.4, -0.2) is 31.4 Å². The summed E-state index contributed by atoms with van der Waals surface area (Å²) in [5.74, 6) is -2.32. The van der Waals surface area contributed by atoms with E-state index in [2.05, 4.69) is 6.07 Å². The summed E-state index contributed by atoms with van der Waals surface area (Å²) in [6.45, 7) is 3.69. The molecular formula is C17H21NO5. The zero-order chi connectivity index (χ0) is 17.2. The van der Waals surface area contributed by atoms with Crippen LogP contribution in [0.4, 0.5) is 0 Å². The molecule has 0 radical (unpaired) electrons. The first-order chi connectivity index (χ1) is 10.9. The van der Waals surface area contributed by atoms with Gasteiger partial charge in [0.25, 0.3) is 0 Å². The standard InChI is InChI=1S/C17H21NO5/c1-4-23-13(19)8-17(16(21)22-3)7-12-11(9-18)6-5-10(2)14(12)15(17)20/h11-12H,4-8H2,1-3H3. The van der Waals surface area contributed by atoms with E-state index >= 15 is 0 Å². The largest absolute Gasteiger partial charge is 0.468 e. The average molecular weight is 319 g/mol. The average Bonchev–Trinajstić information content (AvgIpc) is 2.82. The Morgan fingerprint density at radius 3 is 2.70 bits per heavy atom. The van der Waals surface area contributed by atoms with E-state index in [1.165, 1.54) is 7.11 Å². The second-order valence-electron chi connectivity index (χ2n) is 6.16. The Balaban J connectivity index is 2.47. The van der Waals surface area contributed by atoms with Crippen molar-refractivity contribution in [1.82, 2.24) is 0 Å². The zero-order valence-corrected chi connectivity index (χ0v) is 13.7. The Hall–Kier alpha value is -2.16. The minimum Gasteiger partial charge on any atom is -0.468 e. The van der Waals surface area contributed by atoms with Crippen molar-refractivity contribution in [1.29, 1.82) is 5.26 Å². The highest BCUT2D eigenvalue weighted by Crippen LogP contribution is 2.52. The van der Waals surface area contributed by atoms with Crippen LogP contribution in [0.1, 0.15) is 39.5 Å². The summed E-state index contributed by atoms with van der Waals surface area (Å²) >= 11 is 0. The first-order valence-electron chi connectivity index (χ1n) is 7.79. The highest BCUT2D eigenvalue weighted by molar-refractivity contribution is 6.16. The lowest BCUT2D eigenvalue weighted by atomic mass is 9.77. The molecule has 2 aliphatic carbocycles. The van der Waals surface area contributed by atoms with Gasteiger partial charge in [-0.15, -0.1) is 0 Å². The number of nitrogens with zero attached hydrogens (tertiary/aromatic N) is 1. The maximum atomic E-state index is 13.0. The molecule has 0 aliphatic heterocycles. The van der Waals surface area contributed by atoms with Crippen molar-refractivity contribution in [2.24, 2.45) is 17.3 Å². The van der Waals surface area contributed by atoms with Crippen LogP contribution >= 0.6 is 0 Å². The number of carbonyl (C=O) groups excluding carboxylic acids is 3. The first-order valence-corrected chi connectivity index (χ1v) is 7.79. The van der Waals surface area contributed by atoms with E-state index in [0.29, 0.717) is 18.4 Å². The van der Waals surface area contributed by atoms with Crippen LogP contribution in [0.2, 0.25) is 0 Å². The van der Waals surface area contributed by atoms with Crippen LogP contribution in [0, 0.1) is 28.6 Å². The Kier molecular flexibility index (Phi) is 4.88. The van der Waals surface area contributed by atoms with Gasteiger partial charge in [-0.1, -0.05) is 5.57 Å². The molecule has 0 spiro atoms. The molecule has 0 aromatic rings. The molecule has 1 saturated carbocycles. The lowest BCUT2D eigenvalue weighted by molar-refractivity contribution is -0.163. The summed E-state index contributed by atoms with van der Waals surface area (Å²) in [5, 5.41) is 9.35. The number of fused-ring (bicyclic) bond motifs is 1. The number of esters is 2. The number of ether oxygens (including phenoxy) is 2. The van der Waals surface area contributed by atoms with E-state index in [1.54, 1.807) is 6.92 Å². The molecule has 0 aromatic carbocycles. The number of ketones is 1. The normalized spacial score (nSPS) is 29.7. The highest BCUT2D eigenvalue weighted by Gasteiger charge is 2.59. The molecule has 0 saturated heterocycles. The second kappa shape index (κ2) is 6.53. The summed E-state index contributed by atoms with van der Waals surface area (Å²) in [6.07, 6.45) is 1.13. The van der Waals surface area contributed by atoms with Crippen molar-refractivity contribution in [3.8, 4) is 6.07 Å². The lowest BCUT2D eigenvalue weighted by Crippen LogP contribution is -2.39. The van der Waals surface area contributed by atoms with Gasteiger partial charge >= 0.3 is 11.9 Å². The van der Waals surface area contributed by atoms with Crippen molar-refractivity contribution < 1.29 is 23.9 Å². The molecule has 23 heavy (non-hydrogen) atoms. The van der Waals surface area contributed by atoms with E-state index in [9.17, 15) is 19.6 Å². The van der Waals surface area contributed by atoms with Crippen molar-refractivity contribution in [2.75, 3.05) is 13.7 Å². The Labute approximate surface area is 135 Å². The van der Waals surface area contributed by atoms with Gasteiger partial charge in [-0.3, -0.25) is 14.4 Å². The molecular weight excluding hydrogens is 298 g/mol. The number of allylic oxidation sites excluding steroid dienone is 2. The fourth-order valence-electron chi connectivity index (χ4n) is 3.77. The number of hydrogen-bond acceptors (Lipinski definition) is 6. The van der Waals surface area contributed by atoms with Crippen molar-refractivity contribution in [3.05, 3.63) is 11.1 Å². The fourth-order valence-corrected chi connectivity index (χ4v) is 3.77. The minimum absolute atomic E-state index is 0.141. The summed E-state index contributed by atoms with van der Waals surface area (Å²) in [7, 11) is 1.20. The zero-order valence-electron chi connectivity index (χ0n) is 13.7. The van der Waals surface area contributed by atoms with Gasteiger partial charge in [0, 0.05) is 5.92 Å². The summed E-state index contributed by atoms with van der Waals surface area (Å²) in [6, 6.07) is 2.23. The van der Waals surface area contributed by atoms with Gasteiger partial charge < -0.3 is 9.47 Å². The monoisotopic (exact) mass is 319 g/mol. The van der Waals surface area contributed by atoms with Gasteiger partial charge in [-0.05, 0) is 38.7 Å². The van der Waals surface area contributed by atoms with Crippen molar-refractivity contribution in [3.63, 3.8) is 0 Å². The fraction of sp³-hybridized carbons (Fsp3) is 0.647. The van der Waals surface area contributed by atoms with Crippen LogP contribution in [0.25, 0.3) is 0 Å². The molecule has 0 amide bonds. The number of rotatable bonds is 4. The van der Waals surface area contributed by atoms with Gasteiger partial charge in [0.2, 0.25) is 0 Å². The van der Waals surface area contributed by atoms with Crippen LogP contribution in [-0.2, 0) is 23.9 Å². The van der Waals surface area contributed by atoms with Gasteiger partial charge in [0.15, 0.2) is 5.78 Å². The Morgan fingerprint density at radius 2 is 2.13 bits per heavy atom. The van der Waals surface area contributed by atoms with Gasteiger partial charge in [-0.2, -0.15) is 5.26 Å². The SMILES string of the molecule is CCOC(=O)CC1(C(=O)OC)CC2C(=C(C)CCC2C#N)C1=O. The number of carbonyl (C=O) groups is 3. The first kappa shape index (κ1) is 17.2. The smallest absolute Gasteiger partial charge is 0.320 e. The van der Waals surface area contributed by atoms with Crippen LogP contribution in [0.5, 0.6) is 0 Å². The molecule has 1 fully saturated rings. The molecule has 124 valence electrons. The molecule has 0 heterocycles. The third-order valence-electron chi connectivity index (χ3n) is 4.89. The van der Waals surface area contributed by atoms with E-state index in [4.69, 9.17) is 9.47 Å². The Bertz CT molecular complexity index is 615. The van der Waals surface area contributed by atoms with Crippen LogP contribution < -0.4 is 0 Å². The summed E-state index contributed by atoms with van der Waals surface area (Å²) in [5.41, 5.74) is -0.111. The van der Waals surface area contributed by atoms with E-state index < -0.39 is 17.4 Å². The number of hydrogen-bond donors (Lipinski definition) is 0. The lowest BCUT2D eigenvalue weighted by Gasteiger charge is -2.25. The van der Waals surface area contributed by atoms with E-state index in [0.717, 1.165) is 5.57 Å². The van der Waals surface area contributed by atoms with E-state index in [-0.39, 0.29) is 37.1 Å². The van der Waals surface area contributed by atoms with Crippen molar-refractivity contribution >= 4 is 17.7 Å². The van der Waals surface area contributed by atoms with Gasteiger partial charge in [-0.25, -0.2) is 0 Å². The maximum absolute atomic E-state index is 13.0. The van der Waals surface area contributed by atoms with Crippen LogP contribution in [0.15, 0.2) is 11.1 Å². The topological polar surface area (TPSA) is 93.5 Å². The maximum Gasteiger partial charge on any atom is 0.320 e. The number of Topliss-reactive ketones (excluding diaryl/α,β-unsaturated/α-hetero) is 1. The van der Waals surface area contributed by atoms with Gasteiger partial charge in [0.05, 0.1) is 32.1 Å². The molecule has 2 aliphatic rings. The molecule has 6 heteroatoms. The number of nitriles is 1. The third-order valence-corrected chi connectivity index (χ3v) is 4.89. The highest BCUT2D eigenvalue weighted by atomic mass is 16.5. The molecule has 6 nitrogen and oxygen atoms in total. The molecule has 2 rings (SSSR count). The molecule has 0 N–H and O–H groups in total. The predicted octanol–water partition coefficient (Wildman–Crippen LogP) is 1.94. The molecule has 0 aromatic heterocycles. The second-order valence-corrected chi connectivity index (χ2v) is 6.16. The van der Waals surface area contributed by atoms with Crippen LogP contribution in [0.3, 0.4) is 0 Å². The van der Waals surface area contributed by atoms with Gasteiger partial charge in [0.1, 0.15) is 5.41 Å². The van der Waals surface area contributed by atoms with E-state index in [1.807, 2.05) is 6.92 Å². The summed E-state index contributed by atoms with van der Waals surface area (Å²) in [4.78, 5) is 37.3. The number of methoxy groups -OCH3 is 1. The molecule has 3 unspecified atom stereocenters. The molecule has 0 bridgehead atoms. The quantitative estimate of drug-likeness (QED) is 0.580. The Morgan fingerprint density at radius 1 is 1.43 bits per heavy atom. The third kappa shape index (κ3) is 2.76.